The standard InChI is InChI=1S/C25H29N3O4/c1-26-10-12-27(13-11-26)25(30)22-17-6-4-5-7-18(17)24(29)28-9-8-16-14-20(31-2)21(32-3)15-19(16)23(22)28/h4-7,14-15,22-23H,8-13H2,1-3H3/t22-,23-/m1/s1. The van der Waals surface area contributed by atoms with E-state index in [0.29, 0.717) is 36.7 Å². The van der Waals surface area contributed by atoms with Crippen molar-refractivity contribution in [1.82, 2.24) is 14.7 Å². The predicted octanol–water partition coefficient (Wildman–Crippen LogP) is 2.31. The second-order valence-electron chi connectivity index (χ2n) is 8.79. The zero-order valence-corrected chi connectivity index (χ0v) is 18.8. The van der Waals surface area contributed by atoms with Crippen LogP contribution in [0.25, 0.3) is 0 Å². The lowest BCUT2D eigenvalue weighted by atomic mass is 9.75. The van der Waals surface area contributed by atoms with Gasteiger partial charge < -0.3 is 24.2 Å². The van der Waals surface area contributed by atoms with Crippen LogP contribution >= 0.6 is 0 Å². The van der Waals surface area contributed by atoms with Crippen LogP contribution in [0.1, 0.15) is 39.0 Å². The van der Waals surface area contributed by atoms with E-state index in [1.807, 2.05) is 46.2 Å². The molecule has 2 atom stereocenters. The number of hydrogen-bond donors (Lipinski definition) is 0. The fourth-order valence-corrected chi connectivity index (χ4v) is 5.34. The molecule has 0 unspecified atom stereocenters. The monoisotopic (exact) mass is 435 g/mol. The van der Waals surface area contributed by atoms with Crippen molar-refractivity contribution in [2.45, 2.75) is 18.4 Å². The van der Waals surface area contributed by atoms with Gasteiger partial charge in [-0.2, -0.15) is 0 Å². The molecule has 7 nitrogen and oxygen atoms in total. The van der Waals surface area contributed by atoms with E-state index in [1.54, 1.807) is 14.2 Å². The van der Waals surface area contributed by atoms with Crippen molar-refractivity contribution >= 4 is 11.8 Å². The summed E-state index contributed by atoms with van der Waals surface area (Å²) in [6.07, 6.45) is 0.718. The first-order chi connectivity index (χ1) is 15.5. The average Bonchev–Trinajstić information content (AvgIpc) is 2.83. The fourth-order valence-electron chi connectivity index (χ4n) is 5.34. The van der Waals surface area contributed by atoms with Crippen molar-refractivity contribution in [1.29, 1.82) is 0 Å². The van der Waals surface area contributed by atoms with E-state index in [2.05, 4.69) is 11.9 Å². The number of methoxy groups -OCH3 is 2. The number of amides is 2. The SMILES string of the molecule is COc1cc2c(cc1OC)[C@@H]1[C@H](C(=O)N3CCN(C)CC3)c3ccccc3C(=O)N1CC2. The van der Waals surface area contributed by atoms with Crippen LogP contribution in [0.5, 0.6) is 11.5 Å². The lowest BCUT2D eigenvalue weighted by Crippen LogP contribution is -2.54. The zero-order chi connectivity index (χ0) is 22.4. The van der Waals surface area contributed by atoms with Gasteiger partial charge in [-0.15, -0.1) is 0 Å². The number of carbonyl (C=O) groups excluding carboxylic acids is 2. The van der Waals surface area contributed by atoms with Gasteiger partial charge >= 0.3 is 0 Å². The largest absolute Gasteiger partial charge is 0.493 e. The molecule has 0 aliphatic carbocycles. The number of fused-ring (bicyclic) bond motifs is 4. The third-order valence-corrected chi connectivity index (χ3v) is 7.11. The third-order valence-electron chi connectivity index (χ3n) is 7.11. The summed E-state index contributed by atoms with van der Waals surface area (Å²) in [6.45, 7) is 3.69. The Morgan fingerprint density at radius 3 is 2.34 bits per heavy atom. The van der Waals surface area contributed by atoms with Crippen LogP contribution in [0.2, 0.25) is 0 Å². The van der Waals surface area contributed by atoms with E-state index in [1.165, 1.54) is 0 Å². The summed E-state index contributed by atoms with van der Waals surface area (Å²) in [4.78, 5) is 33.5. The number of rotatable bonds is 3. The highest BCUT2D eigenvalue weighted by atomic mass is 16.5. The Balaban J connectivity index is 1.65. The van der Waals surface area contributed by atoms with Crippen LogP contribution in [0.3, 0.4) is 0 Å². The highest BCUT2D eigenvalue weighted by molar-refractivity contribution is 6.01. The Bertz CT molecular complexity index is 1060. The third kappa shape index (κ3) is 3.23. The molecule has 0 spiro atoms. The predicted molar refractivity (Wildman–Crippen MR) is 120 cm³/mol. The normalized spacial score (nSPS) is 22.7. The minimum absolute atomic E-state index is 0.00605. The Kier molecular flexibility index (Phi) is 5.29. The molecule has 168 valence electrons. The zero-order valence-electron chi connectivity index (χ0n) is 18.8. The van der Waals surface area contributed by atoms with E-state index < -0.39 is 5.92 Å². The van der Waals surface area contributed by atoms with Gasteiger partial charge in [0.1, 0.15) is 0 Å². The molecule has 0 radical (unpaired) electrons. The first-order valence-corrected chi connectivity index (χ1v) is 11.2. The molecular formula is C25H29N3O4. The molecule has 2 aromatic carbocycles. The van der Waals surface area contributed by atoms with Crippen LogP contribution < -0.4 is 9.47 Å². The minimum atomic E-state index is -0.440. The van der Waals surface area contributed by atoms with Gasteiger partial charge in [0, 0.05) is 38.3 Å². The Hall–Kier alpha value is -3.06. The summed E-state index contributed by atoms with van der Waals surface area (Å²) in [7, 11) is 5.31. The maximum absolute atomic E-state index is 14.0. The van der Waals surface area contributed by atoms with E-state index in [0.717, 1.165) is 36.2 Å². The van der Waals surface area contributed by atoms with Gasteiger partial charge in [0.15, 0.2) is 11.5 Å². The van der Waals surface area contributed by atoms with Crippen LogP contribution in [-0.4, -0.2) is 80.5 Å². The number of hydrogen-bond acceptors (Lipinski definition) is 5. The molecule has 1 saturated heterocycles. The Morgan fingerprint density at radius 1 is 0.938 bits per heavy atom. The molecule has 0 saturated carbocycles. The Morgan fingerprint density at radius 2 is 1.62 bits per heavy atom. The van der Waals surface area contributed by atoms with Crippen molar-refractivity contribution in [3.05, 3.63) is 58.7 Å². The van der Waals surface area contributed by atoms with Gasteiger partial charge in [-0.25, -0.2) is 0 Å². The van der Waals surface area contributed by atoms with E-state index in [-0.39, 0.29) is 17.9 Å². The van der Waals surface area contributed by atoms with Crippen LogP contribution in [-0.2, 0) is 11.2 Å². The molecule has 0 aromatic heterocycles. The molecule has 32 heavy (non-hydrogen) atoms. The molecule has 5 rings (SSSR count). The molecule has 2 aromatic rings. The molecule has 1 fully saturated rings. The average molecular weight is 436 g/mol. The number of ether oxygens (including phenoxy) is 2. The number of carbonyl (C=O) groups is 2. The molecule has 3 aliphatic heterocycles. The first kappa shape index (κ1) is 20.8. The summed E-state index contributed by atoms with van der Waals surface area (Å²) in [5, 5.41) is 0. The molecule has 0 bridgehead atoms. The van der Waals surface area contributed by atoms with Crippen molar-refractivity contribution in [3.8, 4) is 11.5 Å². The van der Waals surface area contributed by atoms with E-state index in [9.17, 15) is 9.59 Å². The Labute approximate surface area is 188 Å². The minimum Gasteiger partial charge on any atom is -0.493 e. The van der Waals surface area contributed by atoms with Gasteiger partial charge in [-0.1, -0.05) is 18.2 Å². The van der Waals surface area contributed by atoms with Gasteiger partial charge in [0.25, 0.3) is 5.91 Å². The second-order valence-corrected chi connectivity index (χ2v) is 8.79. The molecule has 2 amide bonds. The van der Waals surface area contributed by atoms with E-state index >= 15 is 0 Å². The summed E-state index contributed by atoms with van der Waals surface area (Å²) in [6, 6.07) is 11.2. The molecular weight excluding hydrogens is 406 g/mol. The quantitative estimate of drug-likeness (QED) is 0.741. The smallest absolute Gasteiger partial charge is 0.254 e. The van der Waals surface area contributed by atoms with Crippen molar-refractivity contribution in [3.63, 3.8) is 0 Å². The van der Waals surface area contributed by atoms with Crippen LogP contribution in [0.4, 0.5) is 0 Å². The molecule has 3 aliphatic rings. The summed E-state index contributed by atoms with van der Waals surface area (Å²) < 4.78 is 11.1. The van der Waals surface area contributed by atoms with Gasteiger partial charge in [0.2, 0.25) is 5.91 Å². The summed E-state index contributed by atoms with van der Waals surface area (Å²) >= 11 is 0. The second kappa shape index (κ2) is 8.13. The van der Waals surface area contributed by atoms with Crippen molar-refractivity contribution < 1.29 is 19.1 Å². The molecule has 7 heteroatoms. The fraction of sp³-hybridized carbons (Fsp3) is 0.440. The number of piperazine rings is 1. The van der Waals surface area contributed by atoms with Crippen molar-refractivity contribution in [2.75, 3.05) is 54.0 Å². The lowest BCUT2D eigenvalue weighted by molar-refractivity contribution is -0.136. The maximum atomic E-state index is 14.0. The maximum Gasteiger partial charge on any atom is 0.254 e. The topological polar surface area (TPSA) is 62.3 Å². The van der Waals surface area contributed by atoms with Crippen molar-refractivity contribution in [2.24, 2.45) is 0 Å². The van der Waals surface area contributed by atoms with Gasteiger partial charge in [0.05, 0.1) is 26.2 Å². The number of nitrogens with zero attached hydrogens (tertiary/aromatic N) is 3. The number of benzene rings is 2. The molecule has 0 N–H and O–H groups in total. The van der Waals surface area contributed by atoms with Gasteiger partial charge in [-0.05, 0) is 48.4 Å². The van der Waals surface area contributed by atoms with Crippen LogP contribution in [0, 0.1) is 0 Å². The summed E-state index contributed by atoms with van der Waals surface area (Å²) in [5.41, 5.74) is 3.54. The lowest BCUT2D eigenvalue weighted by Gasteiger charge is -2.47. The van der Waals surface area contributed by atoms with Gasteiger partial charge in [-0.3, -0.25) is 9.59 Å². The highest BCUT2D eigenvalue weighted by Gasteiger charge is 2.47. The van der Waals surface area contributed by atoms with Crippen LogP contribution in [0.15, 0.2) is 36.4 Å². The van der Waals surface area contributed by atoms with E-state index in [4.69, 9.17) is 9.47 Å². The summed E-state index contributed by atoms with van der Waals surface area (Å²) in [5.74, 6) is 0.933. The first-order valence-electron chi connectivity index (χ1n) is 11.2. The highest BCUT2D eigenvalue weighted by Crippen LogP contribution is 2.48. The molecule has 3 heterocycles. The number of likely N-dealkylation sites (N-methyl/N-ethyl adjacent to an activating group) is 1.